The Hall–Kier alpha value is -0.120. The van der Waals surface area contributed by atoms with E-state index in [1.807, 2.05) is 7.05 Å². The molecule has 1 rings (SSSR count). The lowest BCUT2D eigenvalue weighted by Gasteiger charge is -2.30. The normalized spacial score (nSPS) is 16.8. The number of methoxy groups -OCH3 is 1. The maximum absolute atomic E-state index is 5.09. The molecule has 0 atom stereocenters. The van der Waals surface area contributed by atoms with Gasteiger partial charge in [-0.2, -0.15) is 0 Å². The first-order valence-corrected chi connectivity index (χ1v) is 9.50. The van der Waals surface area contributed by atoms with Crippen molar-refractivity contribution in [2.45, 2.75) is 32.6 Å². The van der Waals surface area contributed by atoms with Crippen LogP contribution in [0.1, 0.15) is 32.6 Å². The number of likely N-dealkylation sites (tertiary alicyclic amines) is 1. The lowest BCUT2D eigenvalue weighted by atomic mass is 9.99. The summed E-state index contributed by atoms with van der Waals surface area (Å²) in [6.45, 7) is 10.9. The first-order chi connectivity index (χ1) is 11.7. The van der Waals surface area contributed by atoms with Crippen molar-refractivity contribution in [2.75, 3.05) is 73.6 Å². The molecule has 0 aromatic heterocycles. The van der Waals surface area contributed by atoms with Gasteiger partial charge in [0.25, 0.3) is 0 Å². The zero-order valence-corrected chi connectivity index (χ0v) is 19.1. The van der Waals surface area contributed by atoms with Crippen LogP contribution in [0.25, 0.3) is 0 Å². The molecule has 2 N–H and O–H groups in total. The molecule has 7 heteroatoms. The number of guanidine groups is 1. The minimum absolute atomic E-state index is 0. The van der Waals surface area contributed by atoms with E-state index in [2.05, 4.69) is 39.4 Å². The Bertz CT molecular complexity index is 335. The van der Waals surface area contributed by atoms with E-state index in [1.54, 1.807) is 7.11 Å². The molecular formula is C18H40IN5O. The molecule has 1 heterocycles. The van der Waals surface area contributed by atoms with Crippen LogP contribution >= 0.6 is 24.0 Å². The molecule has 0 saturated carbocycles. The van der Waals surface area contributed by atoms with Crippen molar-refractivity contribution in [3.8, 4) is 0 Å². The fraction of sp³-hybridized carbons (Fsp3) is 0.944. The van der Waals surface area contributed by atoms with Crippen molar-refractivity contribution in [1.82, 2.24) is 20.4 Å². The highest BCUT2D eigenvalue weighted by atomic mass is 127. The van der Waals surface area contributed by atoms with Gasteiger partial charge in [-0.15, -0.1) is 24.0 Å². The summed E-state index contributed by atoms with van der Waals surface area (Å²) in [5, 5.41) is 6.81. The molecule has 1 aliphatic heterocycles. The Kier molecular flexibility index (Phi) is 16.0. The molecule has 1 aliphatic rings. The minimum atomic E-state index is 0. The van der Waals surface area contributed by atoms with Gasteiger partial charge in [0, 0.05) is 33.8 Å². The van der Waals surface area contributed by atoms with Crippen molar-refractivity contribution in [3.05, 3.63) is 0 Å². The fourth-order valence-electron chi connectivity index (χ4n) is 2.93. The maximum atomic E-state index is 5.09. The highest BCUT2D eigenvalue weighted by molar-refractivity contribution is 14.0. The first-order valence-electron chi connectivity index (χ1n) is 9.50. The average molecular weight is 469 g/mol. The topological polar surface area (TPSA) is 52.1 Å². The predicted octanol–water partition coefficient (Wildman–Crippen LogP) is 1.86. The van der Waals surface area contributed by atoms with Gasteiger partial charge in [-0.05, 0) is 64.8 Å². The van der Waals surface area contributed by atoms with E-state index in [0.717, 1.165) is 51.1 Å². The van der Waals surface area contributed by atoms with Crippen molar-refractivity contribution < 1.29 is 4.74 Å². The van der Waals surface area contributed by atoms with Gasteiger partial charge in [0.1, 0.15) is 0 Å². The number of ether oxygens (including phenoxy) is 1. The first kappa shape index (κ1) is 24.9. The number of rotatable bonds is 11. The van der Waals surface area contributed by atoms with E-state index >= 15 is 0 Å². The fourth-order valence-corrected chi connectivity index (χ4v) is 2.93. The van der Waals surface area contributed by atoms with E-state index in [4.69, 9.17) is 4.74 Å². The molecule has 0 unspecified atom stereocenters. The summed E-state index contributed by atoms with van der Waals surface area (Å²) < 4.78 is 5.09. The predicted molar refractivity (Wildman–Crippen MR) is 118 cm³/mol. The highest BCUT2D eigenvalue weighted by Crippen LogP contribution is 2.15. The third kappa shape index (κ3) is 12.8. The van der Waals surface area contributed by atoms with Crippen LogP contribution in [0.4, 0.5) is 0 Å². The van der Waals surface area contributed by atoms with E-state index in [0.29, 0.717) is 0 Å². The van der Waals surface area contributed by atoms with Crippen LogP contribution in [-0.4, -0.2) is 89.4 Å². The number of hydrogen-bond acceptors (Lipinski definition) is 4. The zero-order valence-electron chi connectivity index (χ0n) is 16.7. The summed E-state index contributed by atoms with van der Waals surface area (Å²) in [5.74, 6) is 1.83. The van der Waals surface area contributed by atoms with E-state index < -0.39 is 0 Å². The second-order valence-corrected chi connectivity index (χ2v) is 6.95. The maximum Gasteiger partial charge on any atom is 0.190 e. The van der Waals surface area contributed by atoms with E-state index in [9.17, 15) is 0 Å². The number of aliphatic imine (C=N–C) groups is 1. The van der Waals surface area contributed by atoms with Crippen LogP contribution in [-0.2, 0) is 4.74 Å². The van der Waals surface area contributed by atoms with Crippen molar-refractivity contribution in [1.29, 1.82) is 0 Å². The van der Waals surface area contributed by atoms with Crippen molar-refractivity contribution >= 4 is 29.9 Å². The van der Waals surface area contributed by atoms with Gasteiger partial charge in [0.05, 0.1) is 6.61 Å². The second kappa shape index (κ2) is 16.1. The summed E-state index contributed by atoms with van der Waals surface area (Å²) in [7, 11) is 5.72. The van der Waals surface area contributed by atoms with Crippen LogP contribution < -0.4 is 10.6 Å². The number of piperidine rings is 1. The number of likely N-dealkylation sites (N-methyl/N-ethyl adjacent to an activating group) is 1. The molecule has 0 amide bonds. The molecule has 6 nitrogen and oxygen atoms in total. The Morgan fingerprint density at radius 1 is 1.16 bits per heavy atom. The van der Waals surface area contributed by atoms with Crippen LogP contribution in [0.15, 0.2) is 4.99 Å². The summed E-state index contributed by atoms with van der Waals surface area (Å²) in [6.07, 6.45) is 4.99. The quantitative estimate of drug-likeness (QED) is 0.210. The molecule has 0 spiro atoms. The molecular weight excluding hydrogens is 429 g/mol. The molecule has 1 fully saturated rings. The smallest absolute Gasteiger partial charge is 0.190 e. The molecule has 0 aliphatic carbocycles. The van der Waals surface area contributed by atoms with Crippen molar-refractivity contribution in [2.24, 2.45) is 10.9 Å². The lowest BCUT2D eigenvalue weighted by Crippen LogP contribution is -2.40. The molecule has 25 heavy (non-hydrogen) atoms. The molecule has 0 bridgehead atoms. The van der Waals surface area contributed by atoms with Gasteiger partial charge < -0.3 is 25.2 Å². The summed E-state index contributed by atoms with van der Waals surface area (Å²) in [5.41, 5.74) is 0. The van der Waals surface area contributed by atoms with Crippen molar-refractivity contribution in [3.63, 3.8) is 0 Å². The standard InChI is InChI=1S/C18H39N5O.HI/c1-17-7-13-23(14-8-17)12-6-10-21-18(19-2)20-9-5-11-22(3)15-16-24-4;/h17H,5-16H2,1-4H3,(H2,19,20,21);1H. The number of halogens is 1. The van der Waals surface area contributed by atoms with E-state index in [-0.39, 0.29) is 24.0 Å². The monoisotopic (exact) mass is 469 g/mol. The van der Waals surface area contributed by atoms with Gasteiger partial charge in [0.2, 0.25) is 0 Å². The summed E-state index contributed by atoms with van der Waals surface area (Å²) >= 11 is 0. The molecule has 0 radical (unpaired) electrons. The lowest BCUT2D eigenvalue weighted by molar-refractivity contribution is 0.161. The van der Waals surface area contributed by atoms with Crippen LogP contribution in [0.3, 0.4) is 0 Å². The van der Waals surface area contributed by atoms with Gasteiger partial charge >= 0.3 is 0 Å². The van der Waals surface area contributed by atoms with Gasteiger partial charge in [-0.3, -0.25) is 4.99 Å². The molecule has 1 saturated heterocycles. The van der Waals surface area contributed by atoms with Crippen LogP contribution in [0, 0.1) is 5.92 Å². The van der Waals surface area contributed by atoms with Gasteiger partial charge in [-0.1, -0.05) is 6.92 Å². The Morgan fingerprint density at radius 3 is 2.40 bits per heavy atom. The zero-order chi connectivity index (χ0) is 17.6. The third-order valence-electron chi connectivity index (χ3n) is 4.73. The third-order valence-corrected chi connectivity index (χ3v) is 4.73. The second-order valence-electron chi connectivity index (χ2n) is 6.95. The Labute approximate surface area is 172 Å². The highest BCUT2D eigenvalue weighted by Gasteiger charge is 2.14. The average Bonchev–Trinajstić information content (AvgIpc) is 2.60. The van der Waals surface area contributed by atoms with Gasteiger partial charge in [0.15, 0.2) is 5.96 Å². The Morgan fingerprint density at radius 2 is 1.80 bits per heavy atom. The number of nitrogens with one attached hydrogen (secondary N) is 2. The molecule has 0 aromatic carbocycles. The van der Waals surface area contributed by atoms with Crippen LogP contribution in [0.2, 0.25) is 0 Å². The Balaban J connectivity index is 0.00000576. The molecule has 0 aromatic rings. The van der Waals surface area contributed by atoms with Gasteiger partial charge in [-0.25, -0.2) is 0 Å². The largest absolute Gasteiger partial charge is 0.383 e. The summed E-state index contributed by atoms with van der Waals surface area (Å²) in [4.78, 5) is 9.18. The summed E-state index contributed by atoms with van der Waals surface area (Å²) in [6, 6.07) is 0. The minimum Gasteiger partial charge on any atom is -0.383 e. The van der Waals surface area contributed by atoms with Crippen LogP contribution in [0.5, 0.6) is 0 Å². The number of hydrogen-bond donors (Lipinski definition) is 2. The molecule has 150 valence electrons. The van der Waals surface area contributed by atoms with E-state index in [1.165, 1.54) is 38.9 Å². The number of nitrogens with zero attached hydrogens (tertiary/aromatic N) is 3. The SMILES string of the molecule is CN=C(NCCCN(C)CCOC)NCCCN1CCC(C)CC1.I.